The maximum Gasteiger partial charge on any atom is 0.252 e. The summed E-state index contributed by atoms with van der Waals surface area (Å²) in [6.07, 6.45) is 0. The van der Waals surface area contributed by atoms with Gasteiger partial charge in [-0.05, 0) is 29.8 Å². The molecule has 2 aromatic rings. The number of benzene rings is 2. The molecule has 98 valence electrons. The van der Waals surface area contributed by atoms with Crippen molar-refractivity contribution in [3.8, 4) is 5.75 Å². The predicted molar refractivity (Wildman–Crippen MR) is 75.2 cm³/mol. The molecule has 4 nitrogen and oxygen atoms in total. The first kappa shape index (κ1) is 13.2. The number of halogens is 1. The summed E-state index contributed by atoms with van der Waals surface area (Å²) in [5, 5.41) is 0.622. The lowest BCUT2D eigenvalue weighted by atomic mass is 10.1. The van der Waals surface area contributed by atoms with Gasteiger partial charge >= 0.3 is 0 Å². The highest BCUT2D eigenvalue weighted by Crippen LogP contribution is 2.27. The predicted octanol–water partition coefficient (Wildman–Crippen LogP) is 2.60. The molecule has 2 aromatic carbocycles. The van der Waals surface area contributed by atoms with Crippen LogP contribution in [0, 0.1) is 0 Å². The van der Waals surface area contributed by atoms with Gasteiger partial charge in [-0.15, -0.1) is 0 Å². The first-order valence-electron chi connectivity index (χ1n) is 5.63. The Morgan fingerprint density at radius 1 is 1.21 bits per heavy atom. The van der Waals surface area contributed by atoms with Crippen LogP contribution in [0.5, 0.6) is 5.75 Å². The molecule has 0 atom stereocenters. The van der Waals surface area contributed by atoms with Gasteiger partial charge in [0.2, 0.25) is 0 Å². The number of primary amides is 1. The Kier molecular flexibility index (Phi) is 3.92. The van der Waals surface area contributed by atoms with Gasteiger partial charge in [-0.2, -0.15) is 0 Å². The van der Waals surface area contributed by atoms with Gasteiger partial charge in [0.25, 0.3) is 5.91 Å². The van der Waals surface area contributed by atoms with Gasteiger partial charge in [-0.25, -0.2) is 0 Å². The number of hydrogen-bond donors (Lipinski definition) is 2. The van der Waals surface area contributed by atoms with Crippen molar-refractivity contribution in [1.82, 2.24) is 0 Å². The topological polar surface area (TPSA) is 78.3 Å². The van der Waals surface area contributed by atoms with Crippen LogP contribution >= 0.6 is 11.6 Å². The molecule has 0 radical (unpaired) electrons. The summed E-state index contributed by atoms with van der Waals surface area (Å²) < 4.78 is 5.59. The van der Waals surface area contributed by atoms with Crippen LogP contribution in [0.2, 0.25) is 5.02 Å². The second-order valence-corrected chi connectivity index (χ2v) is 4.44. The number of ether oxygens (including phenoxy) is 1. The number of nitrogen functional groups attached to an aromatic ring is 1. The maximum atomic E-state index is 11.3. The zero-order chi connectivity index (χ0) is 13.8. The standard InChI is InChI=1S/C14H13ClN2O2/c15-10-4-1-3-9(7-10)8-19-13-11(14(17)18)5-2-6-12(13)16/h1-7H,8,16H2,(H2,17,18). The van der Waals surface area contributed by atoms with E-state index in [-0.39, 0.29) is 12.2 Å². The zero-order valence-electron chi connectivity index (χ0n) is 10.1. The molecule has 0 fully saturated rings. The molecule has 0 spiro atoms. The Morgan fingerprint density at radius 3 is 2.63 bits per heavy atom. The van der Waals surface area contributed by atoms with Crippen molar-refractivity contribution in [1.29, 1.82) is 0 Å². The fraction of sp³-hybridized carbons (Fsp3) is 0.0714. The van der Waals surface area contributed by atoms with Crippen LogP contribution < -0.4 is 16.2 Å². The van der Waals surface area contributed by atoms with Crippen LogP contribution in [-0.2, 0) is 6.61 Å². The van der Waals surface area contributed by atoms with Gasteiger partial charge in [0.1, 0.15) is 6.61 Å². The second-order valence-electron chi connectivity index (χ2n) is 4.01. The molecule has 0 aliphatic carbocycles. The van der Waals surface area contributed by atoms with Crippen LogP contribution in [0.25, 0.3) is 0 Å². The molecular weight excluding hydrogens is 264 g/mol. The zero-order valence-corrected chi connectivity index (χ0v) is 10.9. The molecule has 1 amide bonds. The largest absolute Gasteiger partial charge is 0.486 e. The first-order chi connectivity index (χ1) is 9.08. The Balaban J connectivity index is 2.22. The van der Waals surface area contributed by atoms with Crippen LogP contribution in [0.3, 0.4) is 0 Å². The van der Waals surface area contributed by atoms with Crippen LogP contribution in [0.15, 0.2) is 42.5 Å². The van der Waals surface area contributed by atoms with Gasteiger partial charge in [-0.3, -0.25) is 4.79 Å². The molecule has 0 aliphatic rings. The van der Waals surface area contributed by atoms with E-state index in [1.165, 1.54) is 0 Å². The number of carbonyl (C=O) groups is 1. The van der Waals surface area contributed by atoms with E-state index >= 15 is 0 Å². The summed E-state index contributed by atoms with van der Waals surface area (Å²) in [7, 11) is 0. The molecule has 0 aromatic heterocycles. The fourth-order valence-electron chi connectivity index (χ4n) is 1.69. The van der Waals surface area contributed by atoms with E-state index < -0.39 is 5.91 Å². The lowest BCUT2D eigenvalue weighted by Crippen LogP contribution is -2.14. The van der Waals surface area contributed by atoms with Crippen LogP contribution in [-0.4, -0.2) is 5.91 Å². The number of anilines is 1. The Morgan fingerprint density at radius 2 is 1.95 bits per heavy atom. The minimum absolute atomic E-state index is 0.259. The number of amides is 1. The highest BCUT2D eigenvalue weighted by Gasteiger charge is 2.12. The molecule has 5 heteroatoms. The summed E-state index contributed by atoms with van der Waals surface area (Å²) in [6, 6.07) is 12.1. The highest BCUT2D eigenvalue weighted by atomic mass is 35.5. The van der Waals surface area contributed by atoms with E-state index in [0.29, 0.717) is 16.5 Å². The SMILES string of the molecule is NC(=O)c1cccc(N)c1OCc1cccc(Cl)c1. The third-order valence-corrected chi connectivity index (χ3v) is 2.82. The number of hydrogen-bond acceptors (Lipinski definition) is 3. The summed E-state index contributed by atoms with van der Waals surface area (Å²) >= 11 is 5.89. The maximum absolute atomic E-state index is 11.3. The lowest BCUT2D eigenvalue weighted by Gasteiger charge is -2.12. The van der Waals surface area contributed by atoms with Gasteiger partial charge in [-0.1, -0.05) is 29.8 Å². The van der Waals surface area contributed by atoms with Crippen molar-refractivity contribution in [3.05, 3.63) is 58.6 Å². The van der Waals surface area contributed by atoms with Crippen molar-refractivity contribution < 1.29 is 9.53 Å². The number of carbonyl (C=O) groups excluding carboxylic acids is 1. The monoisotopic (exact) mass is 276 g/mol. The average Bonchev–Trinajstić information content (AvgIpc) is 2.37. The minimum atomic E-state index is -0.576. The third-order valence-electron chi connectivity index (χ3n) is 2.58. The molecule has 0 saturated heterocycles. The minimum Gasteiger partial charge on any atom is -0.486 e. The van der Waals surface area contributed by atoms with E-state index in [9.17, 15) is 4.79 Å². The first-order valence-corrected chi connectivity index (χ1v) is 6.01. The molecule has 2 rings (SSSR count). The van der Waals surface area contributed by atoms with Crippen molar-refractivity contribution in [2.75, 3.05) is 5.73 Å². The molecule has 0 unspecified atom stereocenters. The second kappa shape index (κ2) is 5.63. The molecule has 0 saturated carbocycles. The van der Waals surface area contributed by atoms with Gasteiger partial charge < -0.3 is 16.2 Å². The molecule has 0 heterocycles. The van der Waals surface area contributed by atoms with Crippen molar-refractivity contribution in [3.63, 3.8) is 0 Å². The van der Waals surface area contributed by atoms with Crippen molar-refractivity contribution >= 4 is 23.2 Å². The summed E-state index contributed by atoms with van der Waals surface area (Å²) in [6.45, 7) is 0.259. The number of para-hydroxylation sites is 1. The van der Waals surface area contributed by atoms with Crippen molar-refractivity contribution in [2.24, 2.45) is 5.73 Å². The van der Waals surface area contributed by atoms with E-state index in [2.05, 4.69) is 0 Å². The quantitative estimate of drug-likeness (QED) is 0.843. The average molecular weight is 277 g/mol. The lowest BCUT2D eigenvalue weighted by molar-refractivity contribution is 0.0996. The smallest absolute Gasteiger partial charge is 0.252 e. The normalized spacial score (nSPS) is 10.2. The molecular formula is C14H13ClN2O2. The van der Waals surface area contributed by atoms with E-state index in [4.69, 9.17) is 27.8 Å². The molecule has 0 bridgehead atoms. The molecule has 4 N–H and O–H groups in total. The van der Waals surface area contributed by atoms with E-state index in [0.717, 1.165) is 5.56 Å². The molecule has 0 aliphatic heterocycles. The Labute approximate surface area is 115 Å². The van der Waals surface area contributed by atoms with Crippen LogP contribution in [0.1, 0.15) is 15.9 Å². The summed E-state index contributed by atoms with van der Waals surface area (Å²) in [5.74, 6) is -0.275. The summed E-state index contributed by atoms with van der Waals surface area (Å²) in [4.78, 5) is 11.3. The van der Waals surface area contributed by atoms with Crippen molar-refractivity contribution in [2.45, 2.75) is 6.61 Å². The highest BCUT2D eigenvalue weighted by molar-refractivity contribution is 6.30. The molecule has 19 heavy (non-hydrogen) atoms. The van der Waals surface area contributed by atoms with Crippen LogP contribution in [0.4, 0.5) is 5.69 Å². The fourth-order valence-corrected chi connectivity index (χ4v) is 1.91. The van der Waals surface area contributed by atoms with E-state index in [1.807, 2.05) is 12.1 Å². The van der Waals surface area contributed by atoms with Gasteiger partial charge in [0.05, 0.1) is 11.3 Å². The van der Waals surface area contributed by atoms with E-state index in [1.54, 1.807) is 30.3 Å². The summed E-state index contributed by atoms with van der Waals surface area (Å²) in [5.41, 5.74) is 12.6. The van der Waals surface area contributed by atoms with Gasteiger partial charge in [0.15, 0.2) is 5.75 Å². The van der Waals surface area contributed by atoms with Gasteiger partial charge in [0, 0.05) is 5.02 Å². The Hall–Kier alpha value is -2.20. The number of rotatable bonds is 4. The Bertz CT molecular complexity index is 614. The number of nitrogens with two attached hydrogens (primary N) is 2. The third kappa shape index (κ3) is 3.17.